The van der Waals surface area contributed by atoms with Crippen molar-refractivity contribution in [1.29, 1.82) is 0 Å². The molecule has 8 nitrogen and oxygen atoms in total. The molecule has 2 aromatic carbocycles. The maximum atomic E-state index is 12.4. The molecule has 1 N–H and O–H groups in total. The molecular formula is C21H23ClN4O4S2. The lowest BCUT2D eigenvalue weighted by molar-refractivity contribution is -0.116. The smallest absolute Gasteiger partial charge is 0.232 e. The molecule has 0 saturated carbocycles. The number of carbonyl (C=O) groups is 1. The Kier molecular flexibility index (Phi) is 8.05. The first-order valence-electron chi connectivity index (χ1n) is 9.86. The second-order valence-electron chi connectivity index (χ2n) is 6.81. The Labute approximate surface area is 196 Å². The first-order valence-corrected chi connectivity index (χ1v) is 12.9. The maximum Gasteiger partial charge on any atom is 0.232 e. The largest absolute Gasteiger partial charge is 0.492 e. The third kappa shape index (κ3) is 6.41. The van der Waals surface area contributed by atoms with Crippen LogP contribution in [0.1, 0.15) is 19.8 Å². The summed E-state index contributed by atoms with van der Waals surface area (Å²) in [4.78, 5) is 12.4. The molecule has 0 fully saturated rings. The van der Waals surface area contributed by atoms with Crippen molar-refractivity contribution in [3.8, 4) is 16.3 Å². The molecule has 3 rings (SSSR count). The highest BCUT2D eigenvalue weighted by atomic mass is 35.5. The predicted molar refractivity (Wildman–Crippen MR) is 128 cm³/mol. The number of sulfonamides is 1. The number of nitrogens with one attached hydrogen (secondary N) is 1. The van der Waals surface area contributed by atoms with Crippen molar-refractivity contribution in [3.63, 3.8) is 0 Å². The molecule has 0 saturated heterocycles. The van der Waals surface area contributed by atoms with Gasteiger partial charge >= 0.3 is 0 Å². The van der Waals surface area contributed by atoms with Gasteiger partial charge in [-0.05, 0) is 37.6 Å². The zero-order valence-corrected chi connectivity index (χ0v) is 20.0. The Hall–Kier alpha value is -2.69. The minimum atomic E-state index is -3.55. The van der Waals surface area contributed by atoms with Crippen LogP contribution in [-0.4, -0.2) is 43.9 Å². The molecule has 1 aromatic heterocycles. The Balaban J connectivity index is 1.60. The van der Waals surface area contributed by atoms with Gasteiger partial charge < -0.3 is 10.1 Å². The fourth-order valence-electron chi connectivity index (χ4n) is 2.95. The standard InChI is InChI=1S/C21H23ClN4O4S2/c1-3-30-18-8-5-4-7-17(18)26(32(2,28)29)14-6-9-19(27)23-21-25-24-20(31-21)15-10-12-16(22)13-11-15/h4-5,7-8,10-13H,3,6,9,14H2,1-2H3,(H,23,25,27). The fourth-order valence-corrected chi connectivity index (χ4v) is 4.81. The molecule has 1 heterocycles. The first kappa shape index (κ1) is 24.0. The molecule has 0 aliphatic rings. The van der Waals surface area contributed by atoms with Gasteiger partial charge in [-0.1, -0.05) is 47.2 Å². The van der Waals surface area contributed by atoms with Gasteiger partial charge in [-0.2, -0.15) is 0 Å². The van der Waals surface area contributed by atoms with Gasteiger partial charge in [0.15, 0.2) is 0 Å². The van der Waals surface area contributed by atoms with Crippen LogP contribution in [0.15, 0.2) is 48.5 Å². The van der Waals surface area contributed by atoms with Crippen molar-refractivity contribution in [3.05, 3.63) is 53.6 Å². The van der Waals surface area contributed by atoms with Crippen molar-refractivity contribution in [2.24, 2.45) is 0 Å². The summed E-state index contributed by atoms with van der Waals surface area (Å²) in [5.74, 6) is 0.212. The fraction of sp³-hybridized carbons (Fsp3) is 0.286. The number of amides is 1. The van der Waals surface area contributed by atoms with E-state index in [1.807, 2.05) is 19.1 Å². The molecule has 0 radical (unpaired) electrons. The zero-order valence-electron chi connectivity index (χ0n) is 17.6. The summed E-state index contributed by atoms with van der Waals surface area (Å²) in [6.45, 7) is 2.39. The molecule has 0 aliphatic heterocycles. The van der Waals surface area contributed by atoms with Crippen LogP contribution in [-0.2, 0) is 14.8 Å². The number of hydrogen-bond acceptors (Lipinski definition) is 7. The highest BCUT2D eigenvalue weighted by Crippen LogP contribution is 2.30. The van der Waals surface area contributed by atoms with Crippen LogP contribution < -0.4 is 14.4 Å². The zero-order chi connectivity index (χ0) is 23.1. The van der Waals surface area contributed by atoms with Gasteiger partial charge in [-0.15, -0.1) is 10.2 Å². The molecule has 0 bridgehead atoms. The van der Waals surface area contributed by atoms with E-state index in [0.29, 0.717) is 39.6 Å². The Morgan fingerprint density at radius 3 is 2.56 bits per heavy atom. The van der Waals surface area contributed by atoms with E-state index in [4.69, 9.17) is 16.3 Å². The van der Waals surface area contributed by atoms with Crippen LogP contribution in [0.5, 0.6) is 5.75 Å². The number of para-hydroxylation sites is 2. The number of halogens is 1. The van der Waals surface area contributed by atoms with E-state index in [-0.39, 0.29) is 18.9 Å². The number of hydrogen-bond donors (Lipinski definition) is 1. The lowest BCUT2D eigenvalue weighted by Gasteiger charge is -2.24. The maximum absolute atomic E-state index is 12.4. The normalized spacial score (nSPS) is 11.2. The molecule has 0 unspecified atom stereocenters. The second-order valence-corrected chi connectivity index (χ2v) is 10.1. The Morgan fingerprint density at radius 1 is 1.16 bits per heavy atom. The summed E-state index contributed by atoms with van der Waals surface area (Å²) in [5.41, 5.74) is 1.30. The molecule has 3 aromatic rings. The number of aromatic nitrogens is 2. The van der Waals surface area contributed by atoms with E-state index < -0.39 is 10.0 Å². The summed E-state index contributed by atoms with van der Waals surface area (Å²) in [7, 11) is -3.55. The minimum absolute atomic E-state index is 0.124. The van der Waals surface area contributed by atoms with E-state index in [1.165, 1.54) is 15.6 Å². The number of nitrogens with zero attached hydrogens (tertiary/aromatic N) is 3. The van der Waals surface area contributed by atoms with Gasteiger partial charge in [-0.25, -0.2) is 8.42 Å². The molecule has 170 valence electrons. The van der Waals surface area contributed by atoms with Gasteiger partial charge in [0.25, 0.3) is 0 Å². The number of rotatable bonds is 10. The SMILES string of the molecule is CCOc1ccccc1N(CCCC(=O)Nc1nnc(-c2ccc(Cl)cc2)s1)S(C)(=O)=O. The third-order valence-electron chi connectivity index (χ3n) is 4.36. The van der Waals surface area contributed by atoms with Crippen molar-refractivity contribution in [2.75, 3.05) is 29.0 Å². The van der Waals surface area contributed by atoms with Crippen molar-refractivity contribution in [2.45, 2.75) is 19.8 Å². The summed E-state index contributed by atoms with van der Waals surface area (Å²) < 4.78 is 31.5. The first-order chi connectivity index (χ1) is 15.3. The third-order valence-corrected chi connectivity index (χ3v) is 6.68. The molecular weight excluding hydrogens is 472 g/mol. The van der Waals surface area contributed by atoms with Crippen LogP contribution in [0.2, 0.25) is 5.02 Å². The van der Waals surface area contributed by atoms with Gasteiger partial charge in [0, 0.05) is 23.6 Å². The highest BCUT2D eigenvalue weighted by molar-refractivity contribution is 7.92. The number of ether oxygens (including phenoxy) is 1. The van der Waals surface area contributed by atoms with Crippen LogP contribution in [0.25, 0.3) is 10.6 Å². The predicted octanol–water partition coefficient (Wildman–Crippen LogP) is 4.44. The average Bonchev–Trinajstić information content (AvgIpc) is 3.20. The van der Waals surface area contributed by atoms with Gasteiger partial charge in [-0.3, -0.25) is 9.10 Å². The summed E-state index contributed by atoms with van der Waals surface area (Å²) in [6.07, 6.45) is 1.58. The Bertz CT molecular complexity index is 1170. The van der Waals surface area contributed by atoms with Crippen molar-refractivity contribution < 1.29 is 17.9 Å². The minimum Gasteiger partial charge on any atom is -0.492 e. The molecule has 1 amide bonds. The van der Waals surface area contributed by atoms with E-state index in [2.05, 4.69) is 15.5 Å². The quantitative estimate of drug-likeness (QED) is 0.447. The monoisotopic (exact) mass is 494 g/mol. The molecule has 0 aliphatic carbocycles. The van der Waals surface area contributed by atoms with Crippen LogP contribution in [0.4, 0.5) is 10.8 Å². The summed E-state index contributed by atoms with van der Waals surface area (Å²) in [6, 6.07) is 14.1. The van der Waals surface area contributed by atoms with Gasteiger partial charge in [0.05, 0.1) is 18.6 Å². The van der Waals surface area contributed by atoms with Gasteiger partial charge in [0.2, 0.25) is 21.1 Å². The van der Waals surface area contributed by atoms with E-state index in [1.54, 1.807) is 36.4 Å². The lowest BCUT2D eigenvalue weighted by atomic mass is 10.2. The average molecular weight is 495 g/mol. The summed E-state index contributed by atoms with van der Waals surface area (Å²) in [5, 5.41) is 12.5. The van der Waals surface area contributed by atoms with Crippen LogP contribution >= 0.6 is 22.9 Å². The number of anilines is 2. The molecule has 32 heavy (non-hydrogen) atoms. The van der Waals surface area contributed by atoms with Crippen LogP contribution in [0.3, 0.4) is 0 Å². The molecule has 11 heteroatoms. The van der Waals surface area contributed by atoms with Crippen molar-refractivity contribution in [1.82, 2.24) is 10.2 Å². The Morgan fingerprint density at radius 2 is 1.88 bits per heavy atom. The molecule has 0 atom stereocenters. The second kappa shape index (κ2) is 10.8. The van der Waals surface area contributed by atoms with E-state index >= 15 is 0 Å². The van der Waals surface area contributed by atoms with E-state index in [9.17, 15) is 13.2 Å². The topological polar surface area (TPSA) is 101 Å². The lowest BCUT2D eigenvalue weighted by Crippen LogP contribution is -2.31. The summed E-state index contributed by atoms with van der Waals surface area (Å²) >= 11 is 7.15. The highest BCUT2D eigenvalue weighted by Gasteiger charge is 2.21. The molecule has 0 spiro atoms. The van der Waals surface area contributed by atoms with Crippen LogP contribution in [0, 0.1) is 0 Å². The van der Waals surface area contributed by atoms with Crippen molar-refractivity contribution >= 4 is 49.7 Å². The number of benzene rings is 2. The van der Waals surface area contributed by atoms with Gasteiger partial charge in [0.1, 0.15) is 10.8 Å². The van der Waals surface area contributed by atoms with E-state index in [0.717, 1.165) is 11.8 Å². The number of carbonyl (C=O) groups excluding carboxylic acids is 1.